The molecule has 0 bridgehead atoms. The topological polar surface area (TPSA) is 84.0 Å². The van der Waals surface area contributed by atoms with Crippen LogP contribution in [0.5, 0.6) is 0 Å². The van der Waals surface area contributed by atoms with E-state index in [0.717, 1.165) is 0 Å². The van der Waals surface area contributed by atoms with Crippen molar-refractivity contribution in [2.45, 2.75) is 51.7 Å². The first-order chi connectivity index (χ1) is 10.9. The van der Waals surface area contributed by atoms with Crippen LogP contribution in [-0.4, -0.2) is 67.2 Å². The number of hydrogen-bond acceptors (Lipinski definition) is 5. The van der Waals surface area contributed by atoms with E-state index in [1.165, 1.54) is 0 Å². The van der Waals surface area contributed by atoms with Crippen molar-refractivity contribution < 1.29 is 26.6 Å². The van der Waals surface area contributed by atoms with E-state index in [1.807, 2.05) is 0 Å². The molecule has 7 nitrogen and oxygen atoms in total. The largest absolute Gasteiger partial charge is 0.444 e. The molecule has 2 fully saturated rings. The number of nitrogens with zero attached hydrogens (tertiary/aromatic N) is 2. The Bertz CT molecular complexity index is 593. The number of halogens is 1. The maximum absolute atomic E-state index is 12.8. The third-order valence-electron chi connectivity index (χ3n) is 4.23. The number of piperidine rings is 1. The van der Waals surface area contributed by atoms with E-state index in [2.05, 4.69) is 0 Å². The van der Waals surface area contributed by atoms with E-state index in [1.54, 1.807) is 30.6 Å². The lowest BCUT2D eigenvalue weighted by atomic mass is 10.0. The van der Waals surface area contributed by atoms with Crippen LogP contribution in [0, 0.1) is 5.92 Å². The molecule has 24 heavy (non-hydrogen) atoms. The van der Waals surface area contributed by atoms with E-state index in [9.17, 15) is 21.9 Å². The Morgan fingerprint density at radius 1 is 1.29 bits per heavy atom. The van der Waals surface area contributed by atoms with Gasteiger partial charge in [0.1, 0.15) is 5.60 Å². The Hall–Kier alpha value is -1.38. The summed E-state index contributed by atoms with van der Waals surface area (Å²) in [5.41, 5.74) is -0.552. The van der Waals surface area contributed by atoms with Crippen LogP contribution in [0.3, 0.4) is 0 Å². The van der Waals surface area contributed by atoms with E-state index >= 15 is 0 Å². The quantitative estimate of drug-likeness (QED) is 0.709. The van der Waals surface area contributed by atoms with Gasteiger partial charge in [0.2, 0.25) is 5.91 Å². The van der Waals surface area contributed by atoms with Gasteiger partial charge in [0.05, 0.1) is 5.75 Å². The summed E-state index contributed by atoms with van der Waals surface area (Å²) in [5.74, 6) is -1.23. The Labute approximate surface area is 142 Å². The SMILES string of the molecule is CC(C)(C)OC(=O)N1CCC(N2CC(CS(=O)(=O)F)CC2=O)CC1. The summed E-state index contributed by atoms with van der Waals surface area (Å²) in [4.78, 5) is 27.4. The molecule has 0 spiro atoms. The molecule has 0 aromatic carbocycles. The third kappa shape index (κ3) is 5.32. The Balaban J connectivity index is 1.86. The van der Waals surface area contributed by atoms with Gasteiger partial charge in [-0.25, -0.2) is 4.79 Å². The van der Waals surface area contributed by atoms with Gasteiger partial charge in [0.15, 0.2) is 0 Å². The lowest BCUT2D eigenvalue weighted by Crippen LogP contribution is -2.48. The summed E-state index contributed by atoms with van der Waals surface area (Å²) >= 11 is 0. The maximum atomic E-state index is 12.8. The molecule has 1 atom stereocenters. The van der Waals surface area contributed by atoms with E-state index < -0.39 is 27.5 Å². The second-order valence-corrected chi connectivity index (χ2v) is 8.93. The van der Waals surface area contributed by atoms with Crippen molar-refractivity contribution >= 4 is 22.2 Å². The van der Waals surface area contributed by atoms with Crippen molar-refractivity contribution in [1.29, 1.82) is 0 Å². The Morgan fingerprint density at radius 3 is 2.38 bits per heavy atom. The molecule has 0 radical (unpaired) electrons. The average molecular weight is 364 g/mol. The molecular formula is C15H25FN2O5S. The fourth-order valence-electron chi connectivity index (χ4n) is 3.24. The van der Waals surface area contributed by atoms with Crippen LogP contribution >= 0.6 is 0 Å². The predicted octanol–water partition coefficient (Wildman–Crippen LogP) is 1.53. The summed E-state index contributed by atoms with van der Waals surface area (Å²) in [7, 11) is -4.57. The highest BCUT2D eigenvalue weighted by Crippen LogP contribution is 2.27. The molecule has 2 aliphatic heterocycles. The highest BCUT2D eigenvalue weighted by atomic mass is 32.3. The molecule has 2 amide bonds. The van der Waals surface area contributed by atoms with Gasteiger partial charge in [-0.3, -0.25) is 4.79 Å². The summed E-state index contributed by atoms with van der Waals surface area (Å²) in [5, 5.41) is 0. The normalized spacial score (nSPS) is 23.7. The van der Waals surface area contributed by atoms with Crippen molar-refractivity contribution in [3.63, 3.8) is 0 Å². The van der Waals surface area contributed by atoms with E-state index in [0.29, 0.717) is 25.9 Å². The number of carbonyl (C=O) groups is 2. The standard InChI is InChI=1S/C15H25FN2O5S/c1-15(2,3)23-14(20)17-6-4-12(5-7-17)18-9-11(8-13(18)19)10-24(16,21)22/h11-12H,4-10H2,1-3H3. The van der Waals surface area contributed by atoms with Crippen molar-refractivity contribution in [3.05, 3.63) is 0 Å². The van der Waals surface area contributed by atoms with Crippen LogP contribution < -0.4 is 0 Å². The molecule has 2 rings (SSSR count). The number of ether oxygens (including phenoxy) is 1. The second kappa shape index (κ2) is 6.85. The zero-order chi connectivity index (χ0) is 18.1. The molecule has 2 saturated heterocycles. The molecule has 2 aliphatic rings. The lowest BCUT2D eigenvalue weighted by Gasteiger charge is -2.37. The first kappa shape index (κ1) is 19.0. The van der Waals surface area contributed by atoms with Gasteiger partial charge in [-0.05, 0) is 33.6 Å². The fourth-order valence-corrected chi connectivity index (χ4v) is 4.03. The molecule has 0 N–H and O–H groups in total. The van der Waals surface area contributed by atoms with Crippen LogP contribution in [0.2, 0.25) is 0 Å². The van der Waals surface area contributed by atoms with Gasteiger partial charge in [0.25, 0.3) is 0 Å². The van der Waals surface area contributed by atoms with Crippen LogP contribution in [0.15, 0.2) is 0 Å². The highest BCUT2D eigenvalue weighted by Gasteiger charge is 2.38. The van der Waals surface area contributed by atoms with E-state index in [-0.39, 0.29) is 31.0 Å². The second-order valence-electron chi connectivity index (χ2n) is 7.52. The minimum Gasteiger partial charge on any atom is -0.444 e. The fraction of sp³-hybridized carbons (Fsp3) is 0.867. The first-order valence-electron chi connectivity index (χ1n) is 8.14. The predicted molar refractivity (Wildman–Crippen MR) is 85.5 cm³/mol. The number of hydrogen-bond donors (Lipinski definition) is 0. The van der Waals surface area contributed by atoms with Gasteiger partial charge >= 0.3 is 16.3 Å². The highest BCUT2D eigenvalue weighted by molar-refractivity contribution is 7.86. The molecule has 2 heterocycles. The Kier molecular flexibility index (Phi) is 5.41. The van der Waals surface area contributed by atoms with Gasteiger partial charge in [-0.2, -0.15) is 8.42 Å². The van der Waals surface area contributed by atoms with Crippen LogP contribution in [0.1, 0.15) is 40.0 Å². The molecule has 0 saturated carbocycles. The number of likely N-dealkylation sites (tertiary alicyclic amines) is 2. The summed E-state index contributed by atoms with van der Waals surface area (Å²) < 4.78 is 39.6. The molecule has 1 unspecified atom stereocenters. The van der Waals surface area contributed by atoms with Crippen molar-refractivity contribution in [3.8, 4) is 0 Å². The summed E-state index contributed by atoms with van der Waals surface area (Å²) in [6.45, 7) is 6.64. The average Bonchev–Trinajstić information content (AvgIpc) is 2.75. The van der Waals surface area contributed by atoms with Crippen molar-refractivity contribution in [1.82, 2.24) is 9.80 Å². The summed E-state index contributed by atoms with van der Waals surface area (Å²) in [6, 6.07) is -0.0384. The molecule has 0 aliphatic carbocycles. The number of carbonyl (C=O) groups excluding carboxylic acids is 2. The number of rotatable bonds is 3. The first-order valence-corrected chi connectivity index (χ1v) is 9.69. The molecule has 0 aromatic heterocycles. The van der Waals surface area contributed by atoms with Crippen molar-refractivity contribution in [2.75, 3.05) is 25.4 Å². The minimum atomic E-state index is -4.57. The van der Waals surface area contributed by atoms with Crippen LogP contribution in [-0.2, 0) is 19.8 Å². The van der Waals surface area contributed by atoms with Gasteiger partial charge in [-0.1, -0.05) is 0 Å². The molecule has 138 valence electrons. The van der Waals surface area contributed by atoms with E-state index in [4.69, 9.17) is 4.74 Å². The van der Waals surface area contributed by atoms with Gasteiger partial charge < -0.3 is 14.5 Å². The Morgan fingerprint density at radius 2 is 1.88 bits per heavy atom. The third-order valence-corrected chi connectivity index (χ3v) is 5.10. The zero-order valence-corrected chi connectivity index (χ0v) is 15.1. The zero-order valence-electron chi connectivity index (χ0n) is 14.3. The maximum Gasteiger partial charge on any atom is 0.410 e. The smallest absolute Gasteiger partial charge is 0.410 e. The van der Waals surface area contributed by atoms with Crippen LogP contribution in [0.4, 0.5) is 8.68 Å². The summed E-state index contributed by atoms with van der Waals surface area (Å²) in [6.07, 6.45) is 0.922. The lowest BCUT2D eigenvalue weighted by molar-refractivity contribution is -0.130. The molecular weight excluding hydrogens is 339 g/mol. The minimum absolute atomic E-state index is 0.0384. The van der Waals surface area contributed by atoms with Gasteiger partial charge in [0, 0.05) is 38.0 Å². The molecule has 0 aromatic rings. The van der Waals surface area contributed by atoms with Crippen LogP contribution in [0.25, 0.3) is 0 Å². The number of amides is 2. The monoisotopic (exact) mass is 364 g/mol. The van der Waals surface area contributed by atoms with Gasteiger partial charge in [-0.15, -0.1) is 3.89 Å². The van der Waals surface area contributed by atoms with Crippen molar-refractivity contribution in [2.24, 2.45) is 5.92 Å². The molecule has 9 heteroatoms.